The Labute approximate surface area is 115 Å². The van der Waals surface area contributed by atoms with Crippen LogP contribution in [0.25, 0.3) is 0 Å². The predicted octanol–water partition coefficient (Wildman–Crippen LogP) is 2.19. The second-order valence-electron chi connectivity index (χ2n) is 4.16. The smallest absolute Gasteiger partial charge is 0.326 e. The first-order valence-electron chi connectivity index (χ1n) is 5.39. The van der Waals surface area contributed by atoms with Gasteiger partial charge in [0.05, 0.1) is 6.54 Å². The van der Waals surface area contributed by atoms with Crippen LogP contribution in [0.1, 0.15) is 13.8 Å². The number of nitrogens with two attached hydrogens (primary N) is 1. The first kappa shape index (κ1) is 14.2. The van der Waals surface area contributed by atoms with Crippen LogP contribution in [-0.4, -0.2) is 15.9 Å². The monoisotopic (exact) mass is 346 g/mol. The Kier molecular flexibility index (Phi) is 5.14. The van der Waals surface area contributed by atoms with Crippen molar-refractivity contribution in [3.05, 3.63) is 36.9 Å². The third-order valence-electron chi connectivity index (χ3n) is 2.10. The standard InChI is InChI=1S/C13H16INO2/c1-4-9-15-10-5-7-11(8-6-10)17-12(16)13(2,3)14/h4-8,15H,1,9H2,2-3H3/p+1. The van der Waals surface area contributed by atoms with Crippen LogP contribution in [0.3, 0.4) is 0 Å². The van der Waals surface area contributed by atoms with Crippen molar-refractivity contribution in [3.63, 3.8) is 0 Å². The van der Waals surface area contributed by atoms with E-state index in [9.17, 15) is 4.79 Å². The van der Waals surface area contributed by atoms with Crippen molar-refractivity contribution < 1.29 is 14.8 Å². The topological polar surface area (TPSA) is 42.9 Å². The van der Waals surface area contributed by atoms with E-state index in [1.807, 2.05) is 32.1 Å². The van der Waals surface area contributed by atoms with Crippen molar-refractivity contribution in [2.75, 3.05) is 6.54 Å². The summed E-state index contributed by atoms with van der Waals surface area (Å²) >= 11 is 2.06. The van der Waals surface area contributed by atoms with Crippen molar-refractivity contribution in [2.45, 2.75) is 17.3 Å². The molecular formula is C13H17INO2+. The number of hydrogen-bond donors (Lipinski definition) is 1. The lowest BCUT2D eigenvalue weighted by Crippen LogP contribution is -2.77. The number of halogens is 1. The van der Waals surface area contributed by atoms with Crippen LogP contribution < -0.4 is 10.1 Å². The van der Waals surface area contributed by atoms with E-state index in [1.54, 1.807) is 12.1 Å². The van der Waals surface area contributed by atoms with E-state index in [1.165, 1.54) is 0 Å². The van der Waals surface area contributed by atoms with Gasteiger partial charge < -0.3 is 10.1 Å². The van der Waals surface area contributed by atoms with E-state index in [0.717, 1.165) is 12.2 Å². The highest BCUT2D eigenvalue weighted by atomic mass is 127. The maximum Gasteiger partial charge on any atom is 0.326 e. The first-order valence-corrected chi connectivity index (χ1v) is 6.46. The zero-order valence-corrected chi connectivity index (χ0v) is 12.2. The number of esters is 1. The molecule has 0 aliphatic rings. The number of rotatable bonds is 5. The number of hydrogen-bond acceptors (Lipinski definition) is 2. The molecule has 1 aromatic rings. The number of quaternary nitrogens is 1. The SMILES string of the molecule is C=CC[NH2+]c1ccc(OC(=O)C(C)(C)I)cc1. The molecule has 0 unspecified atom stereocenters. The molecule has 0 saturated heterocycles. The molecule has 3 nitrogen and oxygen atoms in total. The summed E-state index contributed by atoms with van der Waals surface area (Å²) in [4.78, 5) is 11.6. The van der Waals surface area contributed by atoms with Gasteiger partial charge in [0.2, 0.25) is 0 Å². The number of carbonyl (C=O) groups is 1. The third-order valence-corrected chi connectivity index (χ3v) is 2.54. The zero-order valence-electron chi connectivity index (χ0n) is 10.1. The molecular weight excluding hydrogens is 329 g/mol. The summed E-state index contributed by atoms with van der Waals surface area (Å²) in [5.74, 6) is 0.344. The minimum Gasteiger partial charge on any atom is -0.426 e. The Morgan fingerprint density at radius 1 is 1.47 bits per heavy atom. The minimum absolute atomic E-state index is 0.235. The number of alkyl halides is 1. The van der Waals surface area contributed by atoms with E-state index in [2.05, 4.69) is 34.5 Å². The van der Waals surface area contributed by atoms with E-state index >= 15 is 0 Å². The molecule has 1 rings (SSSR count). The van der Waals surface area contributed by atoms with Gasteiger partial charge in [0.1, 0.15) is 14.9 Å². The Morgan fingerprint density at radius 2 is 2.06 bits per heavy atom. The molecule has 0 aromatic heterocycles. The first-order chi connectivity index (χ1) is 7.93. The summed E-state index contributed by atoms with van der Waals surface area (Å²) in [7, 11) is 0. The number of carbonyl (C=O) groups excluding carboxylic acids is 1. The maximum atomic E-state index is 11.6. The van der Waals surface area contributed by atoms with Crippen molar-refractivity contribution >= 4 is 34.2 Å². The van der Waals surface area contributed by atoms with Crippen molar-refractivity contribution in [2.24, 2.45) is 0 Å². The van der Waals surface area contributed by atoms with Crippen LogP contribution in [-0.2, 0) is 4.79 Å². The average molecular weight is 346 g/mol. The van der Waals surface area contributed by atoms with E-state index < -0.39 is 3.42 Å². The van der Waals surface area contributed by atoms with E-state index in [-0.39, 0.29) is 5.97 Å². The van der Waals surface area contributed by atoms with Gasteiger partial charge in [-0.15, -0.1) is 0 Å². The molecule has 0 amide bonds. The van der Waals surface area contributed by atoms with Crippen LogP contribution in [0.4, 0.5) is 5.69 Å². The summed E-state index contributed by atoms with van der Waals surface area (Å²) < 4.78 is 4.75. The summed E-state index contributed by atoms with van der Waals surface area (Å²) in [6.07, 6.45) is 1.84. The van der Waals surface area contributed by atoms with Crippen molar-refractivity contribution in [1.82, 2.24) is 0 Å². The van der Waals surface area contributed by atoms with Gasteiger partial charge in [-0.1, -0.05) is 29.2 Å². The fraction of sp³-hybridized carbons (Fsp3) is 0.308. The molecule has 1 aromatic carbocycles. The lowest BCUT2D eigenvalue weighted by atomic mass is 10.2. The number of ether oxygens (including phenoxy) is 1. The normalized spacial score (nSPS) is 11.0. The fourth-order valence-electron chi connectivity index (χ4n) is 1.12. The van der Waals surface area contributed by atoms with Crippen LogP contribution in [0.5, 0.6) is 5.75 Å². The molecule has 0 fully saturated rings. The highest BCUT2D eigenvalue weighted by Gasteiger charge is 2.25. The molecule has 0 spiro atoms. The number of benzene rings is 1. The summed E-state index contributed by atoms with van der Waals surface area (Å²) in [6.45, 7) is 8.13. The third kappa shape index (κ3) is 4.87. The molecule has 0 radical (unpaired) electrons. The Balaban J connectivity index is 2.62. The summed E-state index contributed by atoms with van der Waals surface area (Å²) in [6, 6.07) is 7.45. The second-order valence-corrected chi connectivity index (χ2v) is 6.86. The second kappa shape index (κ2) is 6.16. The van der Waals surface area contributed by atoms with Crippen LogP contribution >= 0.6 is 22.6 Å². The van der Waals surface area contributed by atoms with Crippen LogP contribution in [0, 0.1) is 0 Å². The molecule has 0 aliphatic heterocycles. The van der Waals surface area contributed by atoms with E-state index in [4.69, 9.17) is 4.74 Å². The largest absolute Gasteiger partial charge is 0.426 e. The Morgan fingerprint density at radius 3 is 2.53 bits per heavy atom. The van der Waals surface area contributed by atoms with Crippen LogP contribution in [0.15, 0.2) is 36.9 Å². The highest BCUT2D eigenvalue weighted by Crippen LogP contribution is 2.21. The Hall–Kier alpha value is -0.880. The molecule has 0 aliphatic carbocycles. The van der Waals surface area contributed by atoms with Gasteiger partial charge in [-0.2, -0.15) is 0 Å². The highest BCUT2D eigenvalue weighted by molar-refractivity contribution is 14.1. The molecule has 0 atom stereocenters. The molecule has 0 saturated carbocycles. The molecule has 2 N–H and O–H groups in total. The quantitative estimate of drug-likeness (QED) is 0.222. The van der Waals surface area contributed by atoms with Gasteiger partial charge >= 0.3 is 5.97 Å². The molecule has 0 bridgehead atoms. The molecule has 0 heterocycles. The van der Waals surface area contributed by atoms with Gasteiger partial charge in [-0.05, 0) is 32.1 Å². The van der Waals surface area contributed by atoms with Crippen LogP contribution in [0.2, 0.25) is 0 Å². The lowest BCUT2D eigenvalue weighted by molar-refractivity contribution is -0.561. The molecule has 17 heavy (non-hydrogen) atoms. The van der Waals surface area contributed by atoms with E-state index in [0.29, 0.717) is 5.75 Å². The van der Waals surface area contributed by atoms with Gasteiger partial charge in [-0.3, -0.25) is 4.79 Å². The predicted molar refractivity (Wildman–Crippen MR) is 76.8 cm³/mol. The van der Waals surface area contributed by atoms with Gasteiger partial charge in [0.25, 0.3) is 0 Å². The van der Waals surface area contributed by atoms with Crippen molar-refractivity contribution in [3.8, 4) is 5.75 Å². The maximum absolute atomic E-state index is 11.6. The summed E-state index contributed by atoms with van der Waals surface area (Å²) in [5.41, 5.74) is 1.10. The summed E-state index contributed by atoms with van der Waals surface area (Å²) in [5, 5.41) is 2.06. The van der Waals surface area contributed by atoms with Crippen molar-refractivity contribution in [1.29, 1.82) is 0 Å². The fourth-order valence-corrected chi connectivity index (χ4v) is 1.23. The zero-order chi connectivity index (χ0) is 12.9. The van der Waals surface area contributed by atoms with Gasteiger partial charge in [0, 0.05) is 12.1 Å². The Bertz CT molecular complexity index is 393. The minimum atomic E-state index is -0.509. The average Bonchev–Trinajstić information content (AvgIpc) is 2.27. The lowest BCUT2D eigenvalue weighted by Gasteiger charge is -2.14. The van der Waals surface area contributed by atoms with Gasteiger partial charge in [0.15, 0.2) is 0 Å². The van der Waals surface area contributed by atoms with Gasteiger partial charge in [-0.25, -0.2) is 0 Å². The molecule has 92 valence electrons. The molecule has 4 heteroatoms.